The topological polar surface area (TPSA) is 55.6 Å². The highest BCUT2D eigenvalue weighted by Gasteiger charge is 2.20. The van der Waals surface area contributed by atoms with Gasteiger partial charge in [0, 0.05) is 26.2 Å². The molecule has 1 amide bonds. The first-order valence-electron chi connectivity index (χ1n) is 5.09. The maximum Gasteiger partial charge on any atom is 0.226 e. The van der Waals surface area contributed by atoms with Crippen LogP contribution in [-0.4, -0.2) is 43.7 Å². The van der Waals surface area contributed by atoms with Gasteiger partial charge in [0.1, 0.15) is 0 Å². The van der Waals surface area contributed by atoms with Gasteiger partial charge < -0.3 is 15.4 Å². The summed E-state index contributed by atoms with van der Waals surface area (Å²) in [5.74, 6) is -0.0404. The van der Waals surface area contributed by atoms with Crippen LogP contribution in [0.15, 0.2) is 0 Å². The van der Waals surface area contributed by atoms with Gasteiger partial charge in [0.2, 0.25) is 5.91 Å². The summed E-state index contributed by atoms with van der Waals surface area (Å²) < 4.78 is 5.17. The van der Waals surface area contributed by atoms with E-state index in [-0.39, 0.29) is 17.9 Å². The van der Waals surface area contributed by atoms with Gasteiger partial charge in [0.25, 0.3) is 0 Å². The SMILES string of the molecule is CCOCCN(C)C(=O)C(C)C(C)N. The number of carbonyl (C=O) groups is 1. The highest BCUT2D eigenvalue weighted by atomic mass is 16.5. The van der Waals surface area contributed by atoms with Crippen LogP contribution in [-0.2, 0) is 9.53 Å². The predicted octanol–water partition coefficient (Wildman–Crippen LogP) is 0.465. The van der Waals surface area contributed by atoms with Crippen molar-refractivity contribution in [3.05, 3.63) is 0 Å². The molecule has 0 aliphatic rings. The first-order valence-corrected chi connectivity index (χ1v) is 5.09. The molecule has 84 valence electrons. The van der Waals surface area contributed by atoms with E-state index < -0.39 is 0 Å². The number of likely N-dealkylation sites (N-methyl/N-ethyl adjacent to an activating group) is 1. The minimum absolute atomic E-state index is 0.0831. The highest BCUT2D eigenvalue weighted by molar-refractivity contribution is 5.78. The van der Waals surface area contributed by atoms with Gasteiger partial charge in [-0.3, -0.25) is 4.79 Å². The van der Waals surface area contributed by atoms with Gasteiger partial charge in [-0.1, -0.05) is 6.92 Å². The number of ether oxygens (including phenoxy) is 1. The molecule has 0 aromatic rings. The summed E-state index contributed by atoms with van der Waals surface area (Å²) in [6.45, 7) is 7.54. The molecular weight excluding hydrogens is 180 g/mol. The lowest BCUT2D eigenvalue weighted by molar-refractivity contribution is -0.134. The van der Waals surface area contributed by atoms with E-state index in [4.69, 9.17) is 10.5 Å². The van der Waals surface area contributed by atoms with E-state index in [0.29, 0.717) is 19.8 Å². The van der Waals surface area contributed by atoms with Crippen LogP contribution < -0.4 is 5.73 Å². The Labute approximate surface area is 86.4 Å². The van der Waals surface area contributed by atoms with Crippen molar-refractivity contribution < 1.29 is 9.53 Å². The summed E-state index contributed by atoms with van der Waals surface area (Å²) in [6, 6.07) is -0.1000. The molecule has 0 radical (unpaired) electrons. The van der Waals surface area contributed by atoms with Gasteiger partial charge in [-0.25, -0.2) is 0 Å². The maximum atomic E-state index is 11.7. The first-order chi connectivity index (χ1) is 6.50. The Balaban J connectivity index is 3.86. The molecule has 0 spiro atoms. The molecule has 0 heterocycles. The Hall–Kier alpha value is -0.610. The van der Waals surface area contributed by atoms with Crippen molar-refractivity contribution in [1.29, 1.82) is 0 Å². The average molecular weight is 202 g/mol. The van der Waals surface area contributed by atoms with Crippen LogP contribution in [0.2, 0.25) is 0 Å². The summed E-state index contributed by atoms with van der Waals surface area (Å²) in [5, 5.41) is 0. The maximum absolute atomic E-state index is 11.7. The molecule has 0 aliphatic heterocycles. The minimum Gasteiger partial charge on any atom is -0.380 e. The zero-order chi connectivity index (χ0) is 11.1. The van der Waals surface area contributed by atoms with Crippen molar-refractivity contribution in [2.24, 2.45) is 11.7 Å². The highest BCUT2D eigenvalue weighted by Crippen LogP contribution is 2.04. The molecule has 0 saturated heterocycles. The third-order valence-corrected chi connectivity index (χ3v) is 2.33. The van der Waals surface area contributed by atoms with E-state index in [1.54, 1.807) is 11.9 Å². The normalized spacial score (nSPS) is 14.9. The third kappa shape index (κ3) is 4.58. The molecule has 14 heavy (non-hydrogen) atoms. The molecule has 4 nitrogen and oxygen atoms in total. The monoisotopic (exact) mass is 202 g/mol. The molecule has 0 saturated carbocycles. The molecular formula is C10H22N2O2. The van der Waals surface area contributed by atoms with Gasteiger partial charge >= 0.3 is 0 Å². The number of hydrogen-bond donors (Lipinski definition) is 1. The molecule has 0 rings (SSSR count). The van der Waals surface area contributed by atoms with Crippen molar-refractivity contribution in [2.75, 3.05) is 26.8 Å². The quantitative estimate of drug-likeness (QED) is 0.637. The fourth-order valence-corrected chi connectivity index (χ4v) is 1.03. The molecule has 4 heteroatoms. The molecule has 0 aromatic heterocycles. The van der Waals surface area contributed by atoms with E-state index in [1.807, 2.05) is 20.8 Å². The Bertz CT molecular complexity index is 172. The molecule has 2 unspecified atom stereocenters. The zero-order valence-electron chi connectivity index (χ0n) is 9.62. The number of amides is 1. The first kappa shape index (κ1) is 13.4. The Morgan fingerprint density at radius 3 is 2.50 bits per heavy atom. The number of rotatable bonds is 6. The van der Waals surface area contributed by atoms with Crippen LogP contribution in [0.3, 0.4) is 0 Å². The van der Waals surface area contributed by atoms with Gasteiger partial charge in [0.15, 0.2) is 0 Å². The molecule has 2 N–H and O–H groups in total. The predicted molar refractivity (Wildman–Crippen MR) is 56.9 cm³/mol. The lowest BCUT2D eigenvalue weighted by Crippen LogP contribution is -2.41. The van der Waals surface area contributed by atoms with E-state index >= 15 is 0 Å². The summed E-state index contributed by atoms with van der Waals surface area (Å²) in [5.41, 5.74) is 5.65. The molecule has 0 fully saturated rings. The molecule has 0 bridgehead atoms. The van der Waals surface area contributed by atoms with E-state index in [0.717, 1.165) is 0 Å². The number of carbonyl (C=O) groups excluding carboxylic acids is 1. The lowest BCUT2D eigenvalue weighted by Gasteiger charge is -2.23. The fourth-order valence-electron chi connectivity index (χ4n) is 1.03. The number of nitrogens with two attached hydrogens (primary N) is 1. The minimum atomic E-state index is -0.123. The van der Waals surface area contributed by atoms with Crippen molar-refractivity contribution in [2.45, 2.75) is 26.8 Å². The fraction of sp³-hybridized carbons (Fsp3) is 0.900. The summed E-state index contributed by atoms with van der Waals surface area (Å²) in [6.07, 6.45) is 0. The summed E-state index contributed by atoms with van der Waals surface area (Å²) in [7, 11) is 1.78. The van der Waals surface area contributed by atoms with Crippen LogP contribution in [0.4, 0.5) is 0 Å². The van der Waals surface area contributed by atoms with Crippen LogP contribution >= 0.6 is 0 Å². The van der Waals surface area contributed by atoms with Gasteiger partial charge in [-0.2, -0.15) is 0 Å². The third-order valence-electron chi connectivity index (χ3n) is 2.33. The van der Waals surface area contributed by atoms with Crippen LogP contribution in [0, 0.1) is 5.92 Å². The van der Waals surface area contributed by atoms with Crippen LogP contribution in [0.5, 0.6) is 0 Å². The summed E-state index contributed by atoms with van der Waals surface area (Å²) >= 11 is 0. The van der Waals surface area contributed by atoms with E-state index in [2.05, 4.69) is 0 Å². The van der Waals surface area contributed by atoms with Crippen LogP contribution in [0.1, 0.15) is 20.8 Å². The zero-order valence-corrected chi connectivity index (χ0v) is 9.62. The van der Waals surface area contributed by atoms with Gasteiger partial charge in [0.05, 0.1) is 12.5 Å². The standard InChI is InChI=1S/C10H22N2O2/c1-5-14-7-6-12(4)10(13)8(2)9(3)11/h8-9H,5-7,11H2,1-4H3. The largest absolute Gasteiger partial charge is 0.380 e. The van der Waals surface area contributed by atoms with E-state index in [1.165, 1.54) is 0 Å². The number of nitrogens with zero attached hydrogens (tertiary/aromatic N) is 1. The van der Waals surface area contributed by atoms with Crippen LogP contribution in [0.25, 0.3) is 0 Å². The smallest absolute Gasteiger partial charge is 0.226 e. The van der Waals surface area contributed by atoms with E-state index in [9.17, 15) is 4.79 Å². The van der Waals surface area contributed by atoms with Crippen molar-refractivity contribution >= 4 is 5.91 Å². The molecule has 2 atom stereocenters. The number of hydrogen-bond acceptors (Lipinski definition) is 3. The second-order valence-corrected chi connectivity index (χ2v) is 3.60. The Kier molecular flexibility index (Phi) is 6.49. The Morgan fingerprint density at radius 1 is 1.50 bits per heavy atom. The molecule has 0 aromatic carbocycles. The second-order valence-electron chi connectivity index (χ2n) is 3.60. The second kappa shape index (κ2) is 6.79. The van der Waals surface area contributed by atoms with Crippen molar-refractivity contribution in [1.82, 2.24) is 4.90 Å². The summed E-state index contributed by atoms with van der Waals surface area (Å²) in [4.78, 5) is 13.3. The van der Waals surface area contributed by atoms with Gasteiger partial charge in [-0.05, 0) is 13.8 Å². The van der Waals surface area contributed by atoms with Crippen molar-refractivity contribution in [3.8, 4) is 0 Å². The average Bonchev–Trinajstić information content (AvgIpc) is 2.15. The Morgan fingerprint density at radius 2 is 2.07 bits per heavy atom. The lowest BCUT2D eigenvalue weighted by atomic mass is 10.0. The molecule has 0 aliphatic carbocycles. The van der Waals surface area contributed by atoms with Gasteiger partial charge in [-0.15, -0.1) is 0 Å². The van der Waals surface area contributed by atoms with Crippen molar-refractivity contribution in [3.63, 3.8) is 0 Å².